The first-order valence-corrected chi connectivity index (χ1v) is 27.5. The van der Waals surface area contributed by atoms with Gasteiger partial charge in [-0.3, -0.25) is 0 Å². The first-order chi connectivity index (χ1) is 35.5. The van der Waals surface area contributed by atoms with E-state index in [9.17, 15) is 0 Å². The first-order valence-electron chi connectivity index (χ1n) is 26.7. The van der Waals surface area contributed by atoms with E-state index in [2.05, 4.69) is 267 Å². The molecule has 74 heavy (non-hydrogen) atoms. The van der Waals surface area contributed by atoms with Crippen molar-refractivity contribution in [3.8, 4) is 22.3 Å². The summed E-state index contributed by atoms with van der Waals surface area (Å²) in [5.74, 6) is 0. The highest BCUT2D eigenvalue weighted by Crippen LogP contribution is 2.51. The van der Waals surface area contributed by atoms with Gasteiger partial charge in [-0.05, 0) is 166 Å². The number of hydrogen-bond acceptors (Lipinski definition) is 3. The number of aryl methyl sites for hydroxylation is 1. The van der Waals surface area contributed by atoms with Crippen molar-refractivity contribution in [2.24, 2.45) is 0 Å². The zero-order chi connectivity index (χ0) is 51.0. The van der Waals surface area contributed by atoms with Gasteiger partial charge < -0.3 is 9.80 Å². The molecule has 362 valence electrons. The predicted octanol–water partition coefficient (Wildman–Crippen LogP) is 18.2. The largest absolute Gasteiger partial charge is 0.311 e. The quantitative estimate of drug-likeness (QED) is 0.125. The minimum absolute atomic E-state index is 0.00822. The summed E-state index contributed by atoms with van der Waals surface area (Å²) in [6.45, 7) is 23.3. The van der Waals surface area contributed by atoms with Crippen molar-refractivity contribution < 1.29 is 0 Å². The van der Waals surface area contributed by atoms with Gasteiger partial charge in [0.05, 0.1) is 11.4 Å². The van der Waals surface area contributed by atoms with Gasteiger partial charge in [0.1, 0.15) is 0 Å². The Morgan fingerprint density at radius 3 is 1.65 bits per heavy atom. The van der Waals surface area contributed by atoms with E-state index in [4.69, 9.17) is 0 Å². The van der Waals surface area contributed by atoms with E-state index >= 15 is 0 Å². The van der Waals surface area contributed by atoms with E-state index in [1.54, 1.807) is 0 Å². The molecule has 2 aliphatic rings. The van der Waals surface area contributed by atoms with Crippen molar-refractivity contribution in [3.63, 3.8) is 0 Å². The monoisotopic (exact) mass is 974 g/mol. The second kappa shape index (κ2) is 16.8. The number of fused-ring (bicyclic) bond motifs is 12. The standard InChI is InChI=1S/C70H63BN2S/c1-11-43-29-34-61-59(37-43)71-65-62(72(66-58-42-49(70(8,9)10)32-36-64(58)74-67(66)71)50-22-17-20-45(39-50)44-19-16-21-47(38-44)68(2,3)4)27-18-28-63(65)73(61)60-35-31-48(69(5,6)7)41-56(60)46-30-33-55-53-25-13-12-23-51(53)52-24-14-15-26-54(52)57(55)40-46/h12-42H,11H2,1-10H3. The summed E-state index contributed by atoms with van der Waals surface area (Å²) in [6.07, 6.45) is 0.962. The van der Waals surface area contributed by atoms with Crippen molar-refractivity contribution in [2.75, 3.05) is 9.80 Å². The fraction of sp³-hybridized carbons (Fsp3) is 0.200. The normalized spacial score (nSPS) is 13.5. The summed E-state index contributed by atoms with van der Waals surface area (Å²) in [4.78, 5) is 5.25. The molecule has 2 aliphatic heterocycles. The lowest BCUT2D eigenvalue weighted by Gasteiger charge is -2.43. The van der Waals surface area contributed by atoms with E-state index in [1.807, 2.05) is 11.3 Å². The van der Waals surface area contributed by atoms with E-state index < -0.39 is 0 Å². The van der Waals surface area contributed by atoms with Gasteiger partial charge in [0.15, 0.2) is 0 Å². The van der Waals surface area contributed by atoms with Crippen LogP contribution in [0.15, 0.2) is 188 Å². The summed E-state index contributed by atoms with van der Waals surface area (Å²) in [6, 6.07) is 72.6. The van der Waals surface area contributed by atoms with Crippen molar-refractivity contribution >= 4 is 110 Å². The molecule has 0 spiro atoms. The summed E-state index contributed by atoms with van der Waals surface area (Å²) >= 11 is 1.98. The van der Waals surface area contributed by atoms with Crippen LogP contribution in [0.5, 0.6) is 0 Å². The lowest BCUT2D eigenvalue weighted by molar-refractivity contribution is 0.590. The van der Waals surface area contributed by atoms with Crippen LogP contribution in [-0.2, 0) is 22.7 Å². The van der Waals surface area contributed by atoms with Crippen molar-refractivity contribution in [3.05, 3.63) is 210 Å². The number of thiophene rings is 1. The maximum Gasteiger partial charge on any atom is 0.264 e. The Morgan fingerprint density at radius 1 is 0.405 bits per heavy atom. The Balaban J connectivity index is 1.09. The lowest BCUT2D eigenvalue weighted by Crippen LogP contribution is -2.60. The van der Waals surface area contributed by atoms with E-state index in [1.165, 1.54) is 137 Å². The number of nitrogens with zero attached hydrogens (tertiary/aromatic N) is 2. The SMILES string of the molecule is CCc1ccc2c(c1)B1c3sc4ccc(C(C)(C)C)cc4c3N(c3cccc(-c4cccc(C(C)(C)C)c4)c3)c3cccc(c31)N2c1ccc(C(C)(C)C)cc1-c1ccc2c3ccccc3c3ccccc3c2c1. The third-order valence-corrected chi connectivity index (χ3v) is 17.5. The summed E-state index contributed by atoms with van der Waals surface area (Å²) in [5.41, 5.74) is 20.3. The molecular formula is C70H63BN2S. The van der Waals surface area contributed by atoms with Gasteiger partial charge in [-0.1, -0.05) is 197 Å². The van der Waals surface area contributed by atoms with Crippen LogP contribution in [0.4, 0.5) is 34.1 Å². The zero-order valence-corrected chi connectivity index (χ0v) is 45.3. The van der Waals surface area contributed by atoms with Crippen LogP contribution in [0.25, 0.3) is 64.7 Å². The Bertz CT molecular complexity index is 4060. The van der Waals surface area contributed by atoms with Crippen molar-refractivity contribution in [2.45, 2.75) is 91.9 Å². The number of benzene rings is 10. The third kappa shape index (κ3) is 7.35. The maximum atomic E-state index is 2.63. The molecule has 0 radical (unpaired) electrons. The van der Waals surface area contributed by atoms with Gasteiger partial charge in [-0.2, -0.15) is 0 Å². The molecule has 3 heterocycles. The molecule has 11 aromatic rings. The second-order valence-electron chi connectivity index (χ2n) is 24.1. The molecular weight excluding hydrogens is 912 g/mol. The highest BCUT2D eigenvalue weighted by molar-refractivity contribution is 7.33. The van der Waals surface area contributed by atoms with Crippen molar-refractivity contribution in [1.29, 1.82) is 0 Å². The average molecular weight is 975 g/mol. The maximum absolute atomic E-state index is 2.63. The third-order valence-electron chi connectivity index (χ3n) is 16.2. The number of hydrogen-bond donors (Lipinski definition) is 0. The Kier molecular flexibility index (Phi) is 10.5. The Hall–Kier alpha value is -7.40. The van der Waals surface area contributed by atoms with Gasteiger partial charge in [-0.15, -0.1) is 11.3 Å². The van der Waals surface area contributed by atoms with Crippen LogP contribution in [-0.4, -0.2) is 6.71 Å². The first kappa shape index (κ1) is 46.4. The molecule has 0 amide bonds. The molecule has 10 aromatic carbocycles. The highest BCUT2D eigenvalue weighted by Gasteiger charge is 2.45. The molecule has 13 rings (SSSR count). The topological polar surface area (TPSA) is 6.48 Å². The van der Waals surface area contributed by atoms with Crippen molar-refractivity contribution in [1.82, 2.24) is 0 Å². The zero-order valence-electron chi connectivity index (χ0n) is 44.5. The Labute approximate surface area is 442 Å². The molecule has 0 atom stereocenters. The fourth-order valence-electron chi connectivity index (χ4n) is 12.2. The molecule has 0 aliphatic carbocycles. The number of rotatable bonds is 5. The summed E-state index contributed by atoms with van der Waals surface area (Å²) < 4.78 is 2.72. The van der Waals surface area contributed by atoms with E-state index in [0.717, 1.165) is 6.42 Å². The van der Waals surface area contributed by atoms with E-state index in [-0.39, 0.29) is 23.0 Å². The molecule has 0 unspecified atom stereocenters. The molecule has 4 heteroatoms. The molecule has 0 bridgehead atoms. The predicted molar refractivity (Wildman–Crippen MR) is 325 cm³/mol. The highest BCUT2D eigenvalue weighted by atomic mass is 32.1. The van der Waals surface area contributed by atoms with Crippen LogP contribution < -0.4 is 25.5 Å². The molecule has 0 saturated carbocycles. The van der Waals surface area contributed by atoms with Crippen LogP contribution in [0.1, 0.15) is 91.5 Å². The average Bonchev–Trinajstić information content (AvgIpc) is 3.78. The summed E-state index contributed by atoms with van der Waals surface area (Å²) in [5, 5.41) is 9.05. The van der Waals surface area contributed by atoms with Crippen LogP contribution in [0.2, 0.25) is 0 Å². The molecule has 2 nitrogen and oxygen atoms in total. The van der Waals surface area contributed by atoms with Gasteiger partial charge in [0, 0.05) is 43.2 Å². The smallest absolute Gasteiger partial charge is 0.264 e. The summed E-state index contributed by atoms with van der Waals surface area (Å²) in [7, 11) is 0. The minimum atomic E-state index is -0.0621. The molecule has 1 aromatic heterocycles. The minimum Gasteiger partial charge on any atom is -0.311 e. The lowest BCUT2D eigenvalue weighted by atomic mass is 9.36. The van der Waals surface area contributed by atoms with E-state index in [0.29, 0.717) is 0 Å². The molecule has 0 saturated heterocycles. The fourth-order valence-corrected chi connectivity index (χ4v) is 13.5. The van der Waals surface area contributed by atoms with Gasteiger partial charge in [0.25, 0.3) is 6.71 Å². The Morgan fingerprint density at radius 2 is 0.973 bits per heavy atom. The van der Waals surface area contributed by atoms with Crippen LogP contribution >= 0.6 is 11.3 Å². The van der Waals surface area contributed by atoms with Crippen LogP contribution in [0.3, 0.4) is 0 Å². The van der Waals surface area contributed by atoms with Gasteiger partial charge >= 0.3 is 0 Å². The van der Waals surface area contributed by atoms with Crippen LogP contribution in [0, 0.1) is 0 Å². The molecule has 0 fully saturated rings. The van der Waals surface area contributed by atoms with Gasteiger partial charge in [-0.25, -0.2) is 0 Å². The number of anilines is 6. The van der Waals surface area contributed by atoms with Gasteiger partial charge in [0.2, 0.25) is 0 Å². The second-order valence-corrected chi connectivity index (χ2v) is 25.1. The molecule has 0 N–H and O–H groups in total.